The minimum absolute atomic E-state index is 0.212. The summed E-state index contributed by atoms with van der Waals surface area (Å²) < 4.78 is 42.4. The Morgan fingerprint density at radius 2 is 1.67 bits per heavy atom. The van der Waals surface area contributed by atoms with E-state index in [0.717, 1.165) is 17.7 Å². The predicted molar refractivity (Wildman–Crippen MR) is 72.4 cm³/mol. The van der Waals surface area contributed by atoms with Gasteiger partial charge in [0.25, 0.3) is 0 Å². The molecule has 0 aliphatic rings. The maximum atomic E-state index is 12.4. The van der Waals surface area contributed by atoms with Crippen LogP contribution in [0.1, 0.15) is 21.5 Å². The molecule has 0 aliphatic carbocycles. The van der Waals surface area contributed by atoms with Crippen LogP contribution < -0.4 is 4.74 Å². The van der Waals surface area contributed by atoms with Gasteiger partial charge in [0.05, 0.1) is 5.56 Å². The minimum Gasteiger partial charge on any atom is -0.485 e. The van der Waals surface area contributed by atoms with Crippen molar-refractivity contribution in [3.63, 3.8) is 0 Å². The van der Waals surface area contributed by atoms with Crippen molar-refractivity contribution in [2.75, 3.05) is 6.61 Å². The fourth-order valence-electron chi connectivity index (χ4n) is 1.85. The van der Waals surface area contributed by atoms with Crippen molar-refractivity contribution in [3.05, 3.63) is 65.2 Å². The number of ketones is 1. The molecule has 0 fully saturated rings. The second kappa shape index (κ2) is 5.99. The largest absolute Gasteiger partial charge is 0.485 e. The number of hydrogen-bond donors (Lipinski definition) is 0. The standard InChI is InChI=1S/C16H13F3O2/c1-11-4-2-3-5-14(11)15(20)10-21-13-8-6-12(7-9-13)16(17,18)19/h2-9H,10H2,1H3. The second-order valence-corrected chi connectivity index (χ2v) is 4.55. The second-order valence-electron chi connectivity index (χ2n) is 4.55. The van der Waals surface area contributed by atoms with Crippen molar-refractivity contribution in [2.45, 2.75) is 13.1 Å². The van der Waals surface area contributed by atoms with Gasteiger partial charge in [-0.3, -0.25) is 4.79 Å². The molecular formula is C16H13F3O2. The first-order valence-electron chi connectivity index (χ1n) is 6.27. The van der Waals surface area contributed by atoms with Crippen LogP contribution in [-0.4, -0.2) is 12.4 Å². The van der Waals surface area contributed by atoms with E-state index in [-0.39, 0.29) is 18.1 Å². The molecule has 0 radical (unpaired) electrons. The lowest BCUT2D eigenvalue weighted by atomic mass is 10.1. The Balaban J connectivity index is 2.00. The molecule has 2 rings (SSSR count). The van der Waals surface area contributed by atoms with E-state index in [1.807, 2.05) is 19.1 Å². The Kier molecular flexibility index (Phi) is 4.31. The molecule has 2 nitrogen and oxygen atoms in total. The highest BCUT2D eigenvalue weighted by molar-refractivity contribution is 5.98. The summed E-state index contributed by atoms with van der Waals surface area (Å²) in [7, 11) is 0. The van der Waals surface area contributed by atoms with Crippen LogP contribution in [0.4, 0.5) is 13.2 Å². The topological polar surface area (TPSA) is 26.3 Å². The van der Waals surface area contributed by atoms with Crippen molar-refractivity contribution >= 4 is 5.78 Å². The molecule has 0 aromatic heterocycles. The monoisotopic (exact) mass is 294 g/mol. The summed E-state index contributed by atoms with van der Waals surface area (Å²) in [6.45, 7) is 1.60. The summed E-state index contributed by atoms with van der Waals surface area (Å²) in [6.07, 6.45) is -4.38. The maximum absolute atomic E-state index is 12.4. The number of halogens is 3. The highest BCUT2D eigenvalue weighted by Crippen LogP contribution is 2.30. The van der Waals surface area contributed by atoms with E-state index in [0.29, 0.717) is 5.56 Å². The van der Waals surface area contributed by atoms with E-state index in [2.05, 4.69) is 0 Å². The van der Waals surface area contributed by atoms with Crippen LogP contribution in [-0.2, 0) is 6.18 Å². The van der Waals surface area contributed by atoms with Gasteiger partial charge < -0.3 is 4.74 Å². The SMILES string of the molecule is Cc1ccccc1C(=O)COc1ccc(C(F)(F)F)cc1. The number of carbonyl (C=O) groups is 1. The summed E-state index contributed by atoms with van der Waals surface area (Å²) in [5.41, 5.74) is 0.628. The molecule has 0 heterocycles. The Morgan fingerprint density at radius 3 is 2.24 bits per heavy atom. The molecule has 0 spiro atoms. The van der Waals surface area contributed by atoms with Gasteiger partial charge in [-0.2, -0.15) is 13.2 Å². The van der Waals surface area contributed by atoms with Crippen LogP contribution >= 0.6 is 0 Å². The van der Waals surface area contributed by atoms with Crippen LogP contribution in [0.5, 0.6) is 5.75 Å². The zero-order valence-electron chi connectivity index (χ0n) is 11.3. The molecule has 0 saturated carbocycles. The van der Waals surface area contributed by atoms with E-state index in [4.69, 9.17) is 4.74 Å². The zero-order valence-corrected chi connectivity index (χ0v) is 11.3. The van der Waals surface area contributed by atoms with Gasteiger partial charge >= 0.3 is 6.18 Å². The third kappa shape index (κ3) is 3.84. The summed E-state index contributed by atoms with van der Waals surface area (Å²) in [5, 5.41) is 0. The van der Waals surface area contributed by atoms with Gasteiger partial charge in [-0.1, -0.05) is 24.3 Å². The molecule has 110 valence electrons. The number of Topliss-reactive ketones (excluding diaryl/α,β-unsaturated/α-hetero) is 1. The number of benzene rings is 2. The average Bonchev–Trinajstić information content (AvgIpc) is 2.45. The molecule has 0 aliphatic heterocycles. The number of alkyl halides is 3. The van der Waals surface area contributed by atoms with Crippen LogP contribution in [0.15, 0.2) is 48.5 Å². The summed E-state index contributed by atoms with van der Waals surface area (Å²) in [4.78, 5) is 12.0. The third-order valence-corrected chi connectivity index (χ3v) is 3.00. The Labute approximate surface area is 120 Å². The smallest absolute Gasteiger partial charge is 0.416 e. The van der Waals surface area contributed by atoms with Crippen LogP contribution in [0, 0.1) is 6.92 Å². The predicted octanol–water partition coefficient (Wildman–Crippen LogP) is 4.28. The van der Waals surface area contributed by atoms with Crippen molar-refractivity contribution < 1.29 is 22.7 Å². The molecule has 0 bridgehead atoms. The van der Waals surface area contributed by atoms with Gasteiger partial charge in [-0.25, -0.2) is 0 Å². The quantitative estimate of drug-likeness (QED) is 0.787. The number of aryl methyl sites for hydroxylation is 1. The van der Waals surface area contributed by atoms with E-state index in [9.17, 15) is 18.0 Å². The number of carbonyl (C=O) groups excluding carboxylic acids is 1. The molecule has 5 heteroatoms. The highest BCUT2D eigenvalue weighted by Gasteiger charge is 2.30. The summed E-state index contributed by atoms with van der Waals surface area (Å²) in [6, 6.07) is 11.3. The first-order valence-corrected chi connectivity index (χ1v) is 6.27. The molecular weight excluding hydrogens is 281 g/mol. The lowest BCUT2D eigenvalue weighted by Gasteiger charge is -2.09. The number of rotatable bonds is 4. The molecule has 0 amide bonds. The van der Waals surface area contributed by atoms with Gasteiger partial charge in [0.2, 0.25) is 0 Å². The molecule has 0 unspecified atom stereocenters. The Morgan fingerprint density at radius 1 is 1.05 bits per heavy atom. The van der Waals surface area contributed by atoms with E-state index in [1.165, 1.54) is 12.1 Å². The molecule has 0 N–H and O–H groups in total. The maximum Gasteiger partial charge on any atom is 0.416 e. The number of ether oxygens (including phenoxy) is 1. The van der Waals surface area contributed by atoms with Gasteiger partial charge in [-0.15, -0.1) is 0 Å². The molecule has 21 heavy (non-hydrogen) atoms. The van der Waals surface area contributed by atoms with Crippen molar-refractivity contribution in [1.82, 2.24) is 0 Å². The van der Waals surface area contributed by atoms with Crippen LogP contribution in [0.2, 0.25) is 0 Å². The van der Waals surface area contributed by atoms with Crippen molar-refractivity contribution in [3.8, 4) is 5.75 Å². The van der Waals surface area contributed by atoms with Gasteiger partial charge in [0.1, 0.15) is 5.75 Å². The average molecular weight is 294 g/mol. The summed E-state index contributed by atoms with van der Waals surface area (Å²) >= 11 is 0. The first kappa shape index (κ1) is 15.1. The van der Waals surface area contributed by atoms with E-state index in [1.54, 1.807) is 12.1 Å². The molecule has 0 atom stereocenters. The molecule has 2 aromatic carbocycles. The van der Waals surface area contributed by atoms with Gasteiger partial charge in [-0.05, 0) is 36.8 Å². The van der Waals surface area contributed by atoms with Crippen molar-refractivity contribution in [2.24, 2.45) is 0 Å². The van der Waals surface area contributed by atoms with Crippen molar-refractivity contribution in [1.29, 1.82) is 0 Å². The van der Waals surface area contributed by atoms with Crippen LogP contribution in [0.3, 0.4) is 0 Å². The van der Waals surface area contributed by atoms with E-state index < -0.39 is 11.7 Å². The number of hydrogen-bond acceptors (Lipinski definition) is 2. The first-order chi connectivity index (χ1) is 9.88. The fraction of sp³-hybridized carbons (Fsp3) is 0.188. The minimum atomic E-state index is -4.38. The molecule has 2 aromatic rings. The highest BCUT2D eigenvalue weighted by atomic mass is 19.4. The van der Waals surface area contributed by atoms with Crippen LogP contribution in [0.25, 0.3) is 0 Å². The van der Waals surface area contributed by atoms with Gasteiger partial charge in [0.15, 0.2) is 12.4 Å². The summed E-state index contributed by atoms with van der Waals surface area (Å²) in [5.74, 6) is 0.0120. The van der Waals surface area contributed by atoms with Gasteiger partial charge in [0, 0.05) is 5.56 Å². The van der Waals surface area contributed by atoms with E-state index >= 15 is 0 Å². The Hall–Kier alpha value is -2.30. The fourth-order valence-corrected chi connectivity index (χ4v) is 1.85. The lowest BCUT2D eigenvalue weighted by Crippen LogP contribution is -2.13. The third-order valence-electron chi connectivity index (χ3n) is 3.00. The molecule has 0 saturated heterocycles. The lowest BCUT2D eigenvalue weighted by molar-refractivity contribution is -0.137. The zero-order chi connectivity index (χ0) is 15.5. The Bertz CT molecular complexity index is 631. The normalized spacial score (nSPS) is 11.2.